The second-order valence-corrected chi connectivity index (χ2v) is 3.58. The Kier molecular flexibility index (Phi) is 3.47. The molecule has 0 saturated carbocycles. The maximum Gasteiger partial charge on any atom is 0.253 e. The normalized spacial score (nSPS) is 10.1. The molecule has 0 unspecified atom stereocenters. The summed E-state index contributed by atoms with van der Waals surface area (Å²) >= 11 is 0. The number of hydrogen-bond donors (Lipinski definition) is 2. The molecule has 0 spiro atoms. The van der Waals surface area contributed by atoms with Gasteiger partial charge in [0.25, 0.3) is 5.56 Å². The average molecular weight is 247 g/mol. The summed E-state index contributed by atoms with van der Waals surface area (Å²) in [5.41, 5.74) is 5.17. The van der Waals surface area contributed by atoms with Crippen molar-refractivity contribution in [3.63, 3.8) is 0 Å². The molecule has 0 bridgehead atoms. The van der Waals surface area contributed by atoms with E-state index in [2.05, 4.69) is 9.97 Å². The van der Waals surface area contributed by atoms with Gasteiger partial charge >= 0.3 is 0 Å². The van der Waals surface area contributed by atoms with Crippen LogP contribution in [0.25, 0.3) is 0 Å². The van der Waals surface area contributed by atoms with Gasteiger partial charge in [-0.25, -0.2) is 4.98 Å². The zero-order valence-electron chi connectivity index (χ0n) is 9.84. The van der Waals surface area contributed by atoms with Gasteiger partial charge in [0.05, 0.1) is 7.11 Å². The molecular weight excluding hydrogens is 234 g/mol. The van der Waals surface area contributed by atoms with E-state index in [4.69, 9.17) is 15.2 Å². The van der Waals surface area contributed by atoms with E-state index in [0.29, 0.717) is 11.6 Å². The van der Waals surface area contributed by atoms with E-state index >= 15 is 0 Å². The second-order valence-electron chi connectivity index (χ2n) is 3.58. The predicted molar refractivity (Wildman–Crippen MR) is 66.6 cm³/mol. The van der Waals surface area contributed by atoms with Crippen molar-refractivity contribution >= 4 is 5.82 Å². The number of ether oxygens (including phenoxy) is 2. The third kappa shape index (κ3) is 3.00. The first-order valence-corrected chi connectivity index (χ1v) is 5.30. The van der Waals surface area contributed by atoms with Crippen LogP contribution >= 0.6 is 0 Å². The maximum atomic E-state index is 11.2. The first-order valence-electron chi connectivity index (χ1n) is 5.30. The summed E-state index contributed by atoms with van der Waals surface area (Å²) in [7, 11) is 1.59. The highest BCUT2D eigenvalue weighted by atomic mass is 16.5. The van der Waals surface area contributed by atoms with Crippen molar-refractivity contribution in [1.29, 1.82) is 0 Å². The summed E-state index contributed by atoms with van der Waals surface area (Å²) in [6.07, 6.45) is 0. The number of H-pyrrole nitrogens is 1. The zero-order valence-corrected chi connectivity index (χ0v) is 9.84. The molecule has 1 aromatic heterocycles. The van der Waals surface area contributed by atoms with Gasteiger partial charge in [-0.05, 0) is 24.3 Å². The van der Waals surface area contributed by atoms with Crippen molar-refractivity contribution < 1.29 is 9.47 Å². The van der Waals surface area contributed by atoms with E-state index in [1.54, 1.807) is 31.4 Å². The van der Waals surface area contributed by atoms with Crippen molar-refractivity contribution in [3.8, 4) is 11.5 Å². The van der Waals surface area contributed by atoms with Crippen LogP contribution in [0.5, 0.6) is 11.5 Å². The molecule has 0 atom stereocenters. The number of benzene rings is 1. The van der Waals surface area contributed by atoms with Crippen LogP contribution in [0.4, 0.5) is 5.82 Å². The van der Waals surface area contributed by atoms with Crippen LogP contribution in [0.2, 0.25) is 0 Å². The van der Waals surface area contributed by atoms with Gasteiger partial charge in [-0.3, -0.25) is 4.79 Å². The minimum atomic E-state index is -0.296. The number of methoxy groups -OCH3 is 1. The van der Waals surface area contributed by atoms with Crippen molar-refractivity contribution in [1.82, 2.24) is 9.97 Å². The number of aromatic nitrogens is 2. The highest BCUT2D eigenvalue weighted by Crippen LogP contribution is 2.17. The van der Waals surface area contributed by atoms with E-state index in [1.165, 1.54) is 6.07 Å². The molecule has 0 fully saturated rings. The van der Waals surface area contributed by atoms with E-state index in [9.17, 15) is 4.79 Å². The number of nitrogens with zero attached hydrogens (tertiary/aromatic N) is 1. The van der Waals surface area contributed by atoms with Crippen molar-refractivity contribution in [3.05, 3.63) is 46.5 Å². The number of rotatable bonds is 4. The molecule has 6 heteroatoms. The molecular formula is C12H13N3O3. The number of hydrogen-bond acceptors (Lipinski definition) is 5. The molecule has 0 aliphatic rings. The molecule has 0 amide bonds. The molecule has 1 heterocycles. The highest BCUT2D eigenvalue weighted by molar-refractivity contribution is 5.31. The van der Waals surface area contributed by atoms with E-state index in [-0.39, 0.29) is 18.0 Å². The summed E-state index contributed by atoms with van der Waals surface area (Å²) in [5, 5.41) is 0. The molecule has 0 saturated heterocycles. The van der Waals surface area contributed by atoms with Gasteiger partial charge in [0, 0.05) is 6.07 Å². The first-order chi connectivity index (χ1) is 8.67. The molecule has 2 aromatic rings. The summed E-state index contributed by atoms with van der Waals surface area (Å²) in [6.45, 7) is 0.145. The fourth-order valence-electron chi connectivity index (χ4n) is 1.42. The van der Waals surface area contributed by atoms with Crippen LogP contribution in [0, 0.1) is 0 Å². The lowest BCUT2D eigenvalue weighted by Crippen LogP contribution is -2.14. The second kappa shape index (κ2) is 5.22. The smallest absolute Gasteiger partial charge is 0.253 e. The summed E-state index contributed by atoms with van der Waals surface area (Å²) < 4.78 is 10.5. The monoisotopic (exact) mass is 247 g/mol. The summed E-state index contributed by atoms with van der Waals surface area (Å²) in [4.78, 5) is 17.7. The standard InChI is InChI=1S/C12H13N3O3/c1-17-8-2-4-9(5-3-8)18-7-11-14-10(13)6-12(16)15-11/h2-6H,7H2,1H3,(H3,13,14,15,16). The lowest BCUT2D eigenvalue weighted by Gasteiger charge is -2.06. The minimum Gasteiger partial charge on any atom is -0.497 e. The molecule has 3 N–H and O–H groups in total. The van der Waals surface area contributed by atoms with Crippen LogP contribution in [0.1, 0.15) is 5.82 Å². The maximum absolute atomic E-state index is 11.2. The Morgan fingerprint density at radius 2 is 1.94 bits per heavy atom. The van der Waals surface area contributed by atoms with E-state index in [0.717, 1.165) is 5.75 Å². The molecule has 0 aliphatic heterocycles. The predicted octanol–water partition coefficient (Wildman–Crippen LogP) is 0.940. The number of nitrogens with one attached hydrogen (secondary N) is 1. The molecule has 0 aliphatic carbocycles. The van der Waals surface area contributed by atoms with E-state index in [1.807, 2.05) is 0 Å². The van der Waals surface area contributed by atoms with Crippen LogP contribution in [-0.2, 0) is 6.61 Å². The van der Waals surface area contributed by atoms with Crippen molar-refractivity contribution in [2.75, 3.05) is 12.8 Å². The van der Waals surface area contributed by atoms with Gasteiger partial charge < -0.3 is 20.2 Å². The van der Waals surface area contributed by atoms with Gasteiger partial charge in [-0.15, -0.1) is 0 Å². The van der Waals surface area contributed by atoms with Gasteiger partial charge in [-0.2, -0.15) is 0 Å². The van der Waals surface area contributed by atoms with Crippen LogP contribution < -0.4 is 20.8 Å². The number of nitrogens with two attached hydrogens (primary N) is 1. The summed E-state index contributed by atoms with van der Waals surface area (Å²) in [5.74, 6) is 1.96. The van der Waals surface area contributed by atoms with Crippen molar-refractivity contribution in [2.45, 2.75) is 6.61 Å². The third-order valence-corrected chi connectivity index (χ3v) is 2.25. The largest absolute Gasteiger partial charge is 0.497 e. The topological polar surface area (TPSA) is 90.2 Å². The molecule has 6 nitrogen and oxygen atoms in total. The number of anilines is 1. The van der Waals surface area contributed by atoms with Crippen LogP contribution in [0.3, 0.4) is 0 Å². The molecule has 18 heavy (non-hydrogen) atoms. The summed E-state index contributed by atoms with van der Waals surface area (Å²) in [6, 6.07) is 8.32. The quantitative estimate of drug-likeness (QED) is 0.839. The average Bonchev–Trinajstić information content (AvgIpc) is 2.36. The molecule has 1 aromatic carbocycles. The molecule has 2 rings (SSSR count). The van der Waals surface area contributed by atoms with Gasteiger partial charge in [0.1, 0.15) is 29.7 Å². The Labute approximate surface area is 103 Å². The SMILES string of the molecule is COc1ccc(OCc2nc(N)cc(=O)[nH]2)cc1. The van der Waals surface area contributed by atoms with Crippen LogP contribution in [-0.4, -0.2) is 17.1 Å². The van der Waals surface area contributed by atoms with E-state index < -0.39 is 0 Å². The fourth-order valence-corrected chi connectivity index (χ4v) is 1.42. The Balaban J connectivity index is 2.04. The highest BCUT2D eigenvalue weighted by Gasteiger charge is 2.00. The Hall–Kier alpha value is -2.50. The lowest BCUT2D eigenvalue weighted by atomic mass is 10.3. The molecule has 94 valence electrons. The first kappa shape index (κ1) is 12.0. The van der Waals surface area contributed by atoms with Crippen LogP contribution in [0.15, 0.2) is 35.1 Å². The Morgan fingerprint density at radius 1 is 1.28 bits per heavy atom. The number of nitrogen functional groups attached to an aromatic ring is 1. The van der Waals surface area contributed by atoms with Crippen molar-refractivity contribution in [2.24, 2.45) is 0 Å². The third-order valence-electron chi connectivity index (χ3n) is 2.25. The molecule has 0 radical (unpaired) electrons. The number of aromatic amines is 1. The van der Waals surface area contributed by atoms with Gasteiger partial charge in [0.15, 0.2) is 0 Å². The Bertz CT molecular complexity index is 578. The fraction of sp³-hybridized carbons (Fsp3) is 0.167. The lowest BCUT2D eigenvalue weighted by molar-refractivity contribution is 0.295. The Morgan fingerprint density at radius 3 is 2.56 bits per heavy atom. The minimum absolute atomic E-state index is 0.145. The van der Waals surface area contributed by atoms with Gasteiger partial charge in [-0.1, -0.05) is 0 Å². The zero-order chi connectivity index (χ0) is 13.0. The van der Waals surface area contributed by atoms with Gasteiger partial charge in [0.2, 0.25) is 0 Å².